The number of methoxy groups -OCH3 is 1. The summed E-state index contributed by atoms with van der Waals surface area (Å²) >= 11 is 0. The van der Waals surface area contributed by atoms with Crippen molar-refractivity contribution in [2.45, 2.75) is 155 Å². The molecule has 1 heterocycles. The highest BCUT2D eigenvalue weighted by Gasteiger charge is 2.18. The maximum absolute atomic E-state index is 5.89. The van der Waals surface area contributed by atoms with Gasteiger partial charge in [-0.05, 0) is 31.4 Å². The monoisotopic (exact) mass is 607 g/mol. The molecule has 248 valence electrons. The van der Waals surface area contributed by atoms with Crippen molar-refractivity contribution in [3.63, 3.8) is 0 Å². The lowest BCUT2D eigenvalue weighted by Gasteiger charge is -2.08. The minimum atomic E-state index is 0. The van der Waals surface area contributed by atoms with E-state index in [2.05, 4.69) is 47.9 Å². The third-order valence-electron chi connectivity index (χ3n) is 8.96. The van der Waals surface area contributed by atoms with Crippen LogP contribution in [-0.4, -0.2) is 25.3 Å². The summed E-state index contributed by atoms with van der Waals surface area (Å²) in [4.78, 5) is 4.90. The molecule has 0 aliphatic rings. The smallest absolute Gasteiger partial charge is 0.235 e. The maximum Gasteiger partial charge on any atom is 0.235 e. The Hall–Kier alpha value is -2.20. The number of nitrogens with zero attached hydrogens (tertiary/aromatic N) is 2. The molecule has 0 saturated carbocycles. The van der Waals surface area contributed by atoms with Gasteiger partial charge in [0.1, 0.15) is 12.1 Å². The first-order valence-electron chi connectivity index (χ1n) is 18.2. The Morgan fingerprint density at radius 3 is 1.57 bits per heavy atom. The molecule has 0 unspecified atom stereocenters. The van der Waals surface area contributed by atoms with E-state index < -0.39 is 0 Å². The van der Waals surface area contributed by atoms with Gasteiger partial charge < -0.3 is 16.9 Å². The quantitative estimate of drug-likeness (QED) is 0.0375. The first kappa shape index (κ1) is 38.0. The molecule has 4 heteroatoms. The fourth-order valence-corrected chi connectivity index (χ4v) is 6.32. The van der Waals surface area contributed by atoms with Gasteiger partial charge in [-0.1, -0.05) is 141 Å². The molecular weight excluding hydrogens is 540 g/mol. The number of hydrogen-bond donors (Lipinski definition) is 0. The standard InChI is InChI=1S/C39H63N2O2.CH3/c1-3-4-5-6-7-8-9-11-14-17-20-25-33-43-34-26-21-18-15-12-10-13-16-19-24-32-41-36-29-23-22-28-35(36)40-39-37(41)30-27-31-38(39)42-2;/h22-23,27-31H,3-21,24-26,32-34H2,1-2H3;1H3/q+1;-1. The van der Waals surface area contributed by atoms with E-state index in [-0.39, 0.29) is 7.43 Å². The van der Waals surface area contributed by atoms with Crippen LogP contribution in [0, 0.1) is 7.43 Å². The zero-order chi connectivity index (χ0) is 30.2. The number of aromatic nitrogens is 2. The van der Waals surface area contributed by atoms with Crippen molar-refractivity contribution >= 4 is 22.1 Å². The Kier molecular flexibility index (Phi) is 21.6. The Morgan fingerprint density at radius 1 is 0.545 bits per heavy atom. The summed E-state index contributed by atoms with van der Waals surface area (Å²) in [7, 11) is 1.73. The zero-order valence-corrected chi connectivity index (χ0v) is 28.9. The second-order valence-corrected chi connectivity index (χ2v) is 12.6. The fourth-order valence-electron chi connectivity index (χ4n) is 6.32. The van der Waals surface area contributed by atoms with Crippen LogP contribution in [0.5, 0.6) is 5.75 Å². The molecule has 3 rings (SSSR count). The molecule has 3 aromatic rings. The molecular formula is C40H66N2O2. The van der Waals surface area contributed by atoms with Crippen molar-refractivity contribution in [3.05, 3.63) is 49.9 Å². The third kappa shape index (κ3) is 14.7. The van der Waals surface area contributed by atoms with Crippen LogP contribution in [-0.2, 0) is 11.3 Å². The molecule has 0 N–H and O–H groups in total. The predicted molar refractivity (Wildman–Crippen MR) is 190 cm³/mol. The van der Waals surface area contributed by atoms with Crippen LogP contribution in [0.15, 0.2) is 42.5 Å². The van der Waals surface area contributed by atoms with Gasteiger partial charge in [0.15, 0.2) is 11.3 Å². The number of rotatable bonds is 27. The van der Waals surface area contributed by atoms with Gasteiger partial charge in [-0.3, -0.25) is 0 Å². The normalized spacial score (nSPS) is 11.3. The first-order valence-corrected chi connectivity index (χ1v) is 18.2. The summed E-state index contributed by atoms with van der Waals surface area (Å²) in [5.74, 6) is 0.847. The van der Waals surface area contributed by atoms with Gasteiger partial charge in [0, 0.05) is 31.8 Å². The van der Waals surface area contributed by atoms with E-state index in [1.165, 1.54) is 147 Å². The summed E-state index contributed by atoms with van der Waals surface area (Å²) in [5.41, 5.74) is 4.35. The van der Waals surface area contributed by atoms with Gasteiger partial charge in [0.05, 0.1) is 7.11 Å². The molecule has 0 atom stereocenters. The lowest BCUT2D eigenvalue weighted by molar-refractivity contribution is -0.646. The molecule has 0 bridgehead atoms. The van der Waals surface area contributed by atoms with Crippen LogP contribution >= 0.6 is 0 Å². The summed E-state index contributed by atoms with van der Waals surface area (Å²) in [6, 6.07) is 14.7. The van der Waals surface area contributed by atoms with Crippen molar-refractivity contribution in [2.24, 2.45) is 0 Å². The van der Waals surface area contributed by atoms with Crippen LogP contribution < -0.4 is 9.30 Å². The highest BCUT2D eigenvalue weighted by atomic mass is 16.5. The highest BCUT2D eigenvalue weighted by molar-refractivity contribution is 5.85. The van der Waals surface area contributed by atoms with Gasteiger partial charge in [-0.15, -0.1) is 0 Å². The number of hydrogen-bond acceptors (Lipinski definition) is 3. The summed E-state index contributed by atoms with van der Waals surface area (Å²) in [5, 5.41) is 0. The Balaban J connectivity index is 0.00000675. The van der Waals surface area contributed by atoms with Crippen molar-refractivity contribution in [3.8, 4) is 5.75 Å². The summed E-state index contributed by atoms with van der Waals surface area (Å²) in [6.07, 6.45) is 30.1. The third-order valence-corrected chi connectivity index (χ3v) is 8.96. The number of para-hydroxylation sites is 3. The van der Waals surface area contributed by atoms with E-state index in [0.717, 1.165) is 42.1 Å². The van der Waals surface area contributed by atoms with Crippen LogP contribution in [0.25, 0.3) is 22.1 Å². The second-order valence-electron chi connectivity index (χ2n) is 12.6. The summed E-state index contributed by atoms with van der Waals surface area (Å²) < 4.78 is 13.9. The topological polar surface area (TPSA) is 35.2 Å². The van der Waals surface area contributed by atoms with Gasteiger partial charge in [0.2, 0.25) is 11.0 Å². The number of unbranched alkanes of at least 4 members (excludes halogenated alkanes) is 20. The Labute approximate surface area is 271 Å². The molecule has 0 spiro atoms. The van der Waals surface area contributed by atoms with Crippen molar-refractivity contribution in [1.82, 2.24) is 4.98 Å². The fraction of sp³-hybridized carbons (Fsp3) is 0.675. The van der Waals surface area contributed by atoms with E-state index in [1.54, 1.807) is 7.11 Å². The lowest BCUT2D eigenvalue weighted by Crippen LogP contribution is -2.36. The SMILES string of the molecule is CCCCCCCCCCCCCCOCCCCCCCCCCCC[n+]1c2ccccc2nc2c(OC)cccc21.[CH3-]. The van der Waals surface area contributed by atoms with Crippen LogP contribution in [0.4, 0.5) is 0 Å². The van der Waals surface area contributed by atoms with Crippen molar-refractivity contribution < 1.29 is 14.0 Å². The molecule has 1 aromatic heterocycles. The average Bonchev–Trinajstić information content (AvgIpc) is 3.04. The van der Waals surface area contributed by atoms with E-state index in [1.807, 2.05) is 6.07 Å². The van der Waals surface area contributed by atoms with E-state index in [9.17, 15) is 0 Å². The molecule has 0 saturated heterocycles. The minimum Gasteiger partial charge on any atom is -0.494 e. The zero-order valence-electron chi connectivity index (χ0n) is 28.9. The molecule has 2 aromatic carbocycles. The van der Waals surface area contributed by atoms with Crippen molar-refractivity contribution in [2.75, 3.05) is 20.3 Å². The molecule has 0 radical (unpaired) electrons. The number of aryl methyl sites for hydroxylation is 1. The lowest BCUT2D eigenvalue weighted by atomic mass is 10.1. The predicted octanol–water partition coefficient (Wildman–Crippen LogP) is 11.8. The van der Waals surface area contributed by atoms with Gasteiger partial charge in [-0.25, -0.2) is 4.98 Å². The first-order chi connectivity index (χ1) is 21.3. The molecule has 0 aliphatic heterocycles. The molecule has 4 nitrogen and oxygen atoms in total. The number of fused-ring (bicyclic) bond motifs is 2. The maximum atomic E-state index is 5.89. The summed E-state index contributed by atoms with van der Waals surface area (Å²) in [6.45, 7) is 5.25. The van der Waals surface area contributed by atoms with E-state index in [0.29, 0.717) is 0 Å². The minimum absolute atomic E-state index is 0. The number of ether oxygens (including phenoxy) is 2. The highest BCUT2D eigenvalue weighted by Crippen LogP contribution is 2.24. The van der Waals surface area contributed by atoms with Crippen LogP contribution in [0.3, 0.4) is 0 Å². The van der Waals surface area contributed by atoms with Crippen LogP contribution in [0.1, 0.15) is 148 Å². The van der Waals surface area contributed by atoms with E-state index in [4.69, 9.17) is 14.5 Å². The number of benzene rings is 2. The van der Waals surface area contributed by atoms with Gasteiger partial charge in [-0.2, -0.15) is 4.57 Å². The van der Waals surface area contributed by atoms with Gasteiger partial charge in [0.25, 0.3) is 0 Å². The largest absolute Gasteiger partial charge is 0.494 e. The second kappa shape index (κ2) is 25.0. The molecule has 0 amide bonds. The van der Waals surface area contributed by atoms with Crippen LogP contribution in [0.2, 0.25) is 0 Å². The Morgan fingerprint density at radius 2 is 1.02 bits per heavy atom. The van der Waals surface area contributed by atoms with Crippen molar-refractivity contribution in [1.29, 1.82) is 0 Å². The van der Waals surface area contributed by atoms with Gasteiger partial charge >= 0.3 is 0 Å². The van der Waals surface area contributed by atoms with E-state index >= 15 is 0 Å². The molecule has 0 aliphatic carbocycles. The Bertz CT molecular complexity index is 1120. The molecule has 0 fully saturated rings. The molecule has 44 heavy (non-hydrogen) atoms. The average molecular weight is 607 g/mol.